The van der Waals surface area contributed by atoms with Gasteiger partial charge in [0.1, 0.15) is 5.60 Å². The van der Waals surface area contributed by atoms with E-state index in [0.29, 0.717) is 24.3 Å². The van der Waals surface area contributed by atoms with Crippen molar-refractivity contribution in [3.05, 3.63) is 71.8 Å². The van der Waals surface area contributed by atoms with Gasteiger partial charge in [-0.3, -0.25) is 4.90 Å². The van der Waals surface area contributed by atoms with E-state index in [0.717, 1.165) is 11.1 Å². The molecule has 2 aromatic rings. The van der Waals surface area contributed by atoms with Crippen LogP contribution in [0.5, 0.6) is 0 Å². The maximum Gasteiger partial charge on any atom is 0.410 e. The van der Waals surface area contributed by atoms with Gasteiger partial charge in [-0.1, -0.05) is 47.5 Å². The third-order valence-electron chi connectivity index (χ3n) is 6.80. The lowest BCUT2D eigenvalue weighted by atomic mass is 9.73. The Morgan fingerprint density at radius 3 is 1.54 bits per heavy atom. The van der Waals surface area contributed by atoms with E-state index >= 15 is 0 Å². The van der Waals surface area contributed by atoms with Crippen molar-refractivity contribution in [1.29, 1.82) is 0 Å². The van der Waals surface area contributed by atoms with E-state index in [2.05, 4.69) is 19.9 Å². The lowest BCUT2D eigenvalue weighted by Gasteiger charge is -2.41. The zero-order chi connectivity index (χ0) is 30.1. The summed E-state index contributed by atoms with van der Waals surface area (Å²) in [5.41, 5.74) is 0.688. The summed E-state index contributed by atoms with van der Waals surface area (Å²) in [4.78, 5) is 19.1. The molecule has 1 aliphatic heterocycles. The number of amides is 1. The van der Waals surface area contributed by atoms with E-state index in [1.54, 1.807) is 45.0 Å². The van der Waals surface area contributed by atoms with Crippen molar-refractivity contribution in [1.82, 2.24) is 14.6 Å². The molecular formula is C28H35N5O6S2. The average molecular weight is 602 g/mol. The average Bonchev–Trinajstić information content (AvgIpc) is 3.37. The van der Waals surface area contributed by atoms with Gasteiger partial charge in [-0.25, -0.2) is 14.5 Å². The maximum atomic E-state index is 13.1. The fourth-order valence-corrected chi connectivity index (χ4v) is 6.18. The molecule has 1 fully saturated rings. The van der Waals surface area contributed by atoms with Crippen molar-refractivity contribution in [2.75, 3.05) is 13.1 Å². The molecule has 2 aromatic carbocycles. The second-order valence-electron chi connectivity index (χ2n) is 11.2. The number of carbonyl (C=O) groups excluding carboxylic acids is 1. The van der Waals surface area contributed by atoms with Gasteiger partial charge in [0.25, 0.3) is 20.0 Å². The van der Waals surface area contributed by atoms with Gasteiger partial charge < -0.3 is 4.74 Å². The summed E-state index contributed by atoms with van der Waals surface area (Å²) in [7, 11) is -8.05. The summed E-state index contributed by atoms with van der Waals surface area (Å²) < 4.78 is 57.8. The molecule has 2 aliphatic rings. The highest BCUT2D eigenvalue weighted by atomic mass is 32.2. The minimum atomic E-state index is -4.03. The molecule has 0 saturated carbocycles. The Morgan fingerprint density at radius 2 is 1.17 bits per heavy atom. The topological polar surface area (TPSA) is 147 Å². The molecule has 1 aliphatic carbocycles. The maximum absolute atomic E-state index is 13.1. The summed E-state index contributed by atoms with van der Waals surface area (Å²) in [6.07, 6.45) is 3.92. The molecular weight excluding hydrogens is 566 g/mol. The number of hydrazone groups is 2. The molecule has 4 rings (SSSR count). The van der Waals surface area contributed by atoms with E-state index in [1.165, 1.54) is 29.2 Å². The zero-order valence-corrected chi connectivity index (χ0v) is 25.3. The number of nitrogens with one attached hydrogen (secondary N) is 2. The van der Waals surface area contributed by atoms with Crippen molar-refractivity contribution in [2.24, 2.45) is 15.6 Å². The number of hydrogen-bond donors (Lipinski definition) is 2. The van der Waals surface area contributed by atoms with Crippen LogP contribution in [-0.4, -0.2) is 57.9 Å². The first-order chi connectivity index (χ1) is 19.1. The van der Waals surface area contributed by atoms with Gasteiger partial charge >= 0.3 is 6.09 Å². The van der Waals surface area contributed by atoms with E-state index in [9.17, 15) is 21.6 Å². The highest BCUT2D eigenvalue weighted by Gasteiger charge is 2.48. The predicted octanol–water partition coefficient (Wildman–Crippen LogP) is 3.86. The number of hydrogen-bond acceptors (Lipinski definition) is 8. The van der Waals surface area contributed by atoms with Gasteiger partial charge in [-0.15, -0.1) is 0 Å². The molecule has 1 amide bonds. The van der Waals surface area contributed by atoms with Crippen molar-refractivity contribution in [2.45, 2.75) is 62.9 Å². The number of ether oxygens (including phenoxy) is 1. The summed E-state index contributed by atoms with van der Waals surface area (Å²) in [6, 6.07) is 12.6. The lowest BCUT2D eigenvalue weighted by molar-refractivity contribution is 0.0293. The lowest BCUT2D eigenvalue weighted by Crippen LogP contribution is -2.57. The minimum absolute atomic E-state index is 0.0330. The molecule has 1 saturated heterocycles. The summed E-state index contributed by atoms with van der Waals surface area (Å²) in [5, 5.41) is 8.62. The molecule has 0 radical (unpaired) electrons. The number of nitrogens with zero attached hydrogens (tertiary/aromatic N) is 3. The number of likely N-dealkylation sites (tertiary alicyclic amines) is 1. The number of piperidine rings is 1. The van der Waals surface area contributed by atoms with Crippen molar-refractivity contribution in [3.8, 4) is 0 Å². The van der Waals surface area contributed by atoms with Crippen LogP contribution in [0.15, 0.2) is 80.7 Å². The van der Waals surface area contributed by atoms with Gasteiger partial charge in [-0.05, 0) is 71.7 Å². The Hall–Kier alpha value is -3.71. The van der Waals surface area contributed by atoms with Crippen LogP contribution in [0.25, 0.3) is 0 Å². The smallest absolute Gasteiger partial charge is 0.410 e. The number of carbonyl (C=O) groups is 1. The highest BCUT2D eigenvalue weighted by Crippen LogP contribution is 2.40. The summed E-state index contributed by atoms with van der Waals surface area (Å²) in [6.45, 7) is 8.80. The first-order valence-corrected chi connectivity index (χ1v) is 16.0. The third kappa shape index (κ3) is 6.96. The fraction of sp³-hybridized carbons (Fsp3) is 0.393. The zero-order valence-electron chi connectivity index (χ0n) is 23.7. The van der Waals surface area contributed by atoms with Crippen LogP contribution in [0.2, 0.25) is 0 Å². The normalized spacial score (nSPS) is 19.1. The molecule has 1 spiro atoms. The van der Waals surface area contributed by atoms with Crippen LogP contribution in [0, 0.1) is 19.3 Å². The first-order valence-electron chi connectivity index (χ1n) is 13.1. The first kappa shape index (κ1) is 30.3. The van der Waals surface area contributed by atoms with Crippen molar-refractivity contribution < 1.29 is 26.4 Å². The van der Waals surface area contributed by atoms with Crippen LogP contribution in [0.1, 0.15) is 44.7 Å². The van der Waals surface area contributed by atoms with Gasteiger partial charge in [0.2, 0.25) is 0 Å². The Bertz CT molecular complexity index is 1500. The van der Waals surface area contributed by atoms with Crippen LogP contribution < -0.4 is 9.66 Å². The Kier molecular flexibility index (Phi) is 8.33. The molecule has 11 nitrogen and oxygen atoms in total. The number of aryl methyl sites for hydroxylation is 2. The standard InChI is InChI=1S/C28H35N5O6S2/c1-20-8-12-22(13-9-20)40(35,36)31-29-24-18-33(26(34)39-27(3,4)5)19-25(28(24)16-6-7-17-28)30-32-41(37,38)23-14-10-21(2)11-15-23/h6-15,31-32H,16-19H2,1-5H3/b29-24-,30-25+. The van der Waals surface area contributed by atoms with E-state index < -0.39 is 37.2 Å². The van der Waals surface area contributed by atoms with Crippen molar-refractivity contribution >= 4 is 37.6 Å². The molecule has 1 heterocycles. The second-order valence-corrected chi connectivity index (χ2v) is 14.6. The van der Waals surface area contributed by atoms with Gasteiger partial charge in [-0.2, -0.15) is 27.0 Å². The molecule has 13 heteroatoms. The third-order valence-corrected chi connectivity index (χ3v) is 9.25. The largest absolute Gasteiger partial charge is 0.444 e. The quantitative estimate of drug-likeness (QED) is 0.380. The van der Waals surface area contributed by atoms with Crippen LogP contribution in [0.4, 0.5) is 4.79 Å². The molecule has 0 aromatic heterocycles. The summed E-state index contributed by atoms with van der Waals surface area (Å²) in [5.74, 6) is 0. The van der Waals surface area contributed by atoms with E-state index in [4.69, 9.17) is 4.74 Å². The fourth-order valence-electron chi connectivity index (χ4n) is 4.52. The molecule has 0 bridgehead atoms. The SMILES string of the molecule is Cc1ccc(S(=O)(=O)N/N=C2\CN(C(=O)OC(C)(C)C)C/C(=N/NS(=O)(=O)c3ccc(C)cc3)C23CC=CC3)cc1. The molecule has 41 heavy (non-hydrogen) atoms. The summed E-state index contributed by atoms with van der Waals surface area (Å²) >= 11 is 0. The number of benzene rings is 2. The van der Waals surface area contributed by atoms with Gasteiger partial charge in [0, 0.05) is 0 Å². The highest BCUT2D eigenvalue weighted by molar-refractivity contribution is 7.89. The van der Waals surface area contributed by atoms with E-state index in [1.807, 2.05) is 26.0 Å². The molecule has 0 unspecified atom stereocenters. The van der Waals surface area contributed by atoms with Crippen LogP contribution in [-0.2, 0) is 24.8 Å². The van der Waals surface area contributed by atoms with Crippen LogP contribution in [0.3, 0.4) is 0 Å². The minimum Gasteiger partial charge on any atom is -0.444 e. The number of allylic oxidation sites excluding steroid dienone is 2. The Balaban J connectivity index is 1.73. The van der Waals surface area contributed by atoms with Crippen LogP contribution >= 0.6 is 0 Å². The Labute approximate surface area is 241 Å². The predicted molar refractivity (Wildman–Crippen MR) is 156 cm³/mol. The van der Waals surface area contributed by atoms with Gasteiger partial charge in [0.15, 0.2) is 0 Å². The Morgan fingerprint density at radius 1 is 0.780 bits per heavy atom. The van der Waals surface area contributed by atoms with Gasteiger partial charge in [0.05, 0.1) is 39.7 Å². The molecule has 0 atom stereocenters. The van der Waals surface area contributed by atoms with Crippen molar-refractivity contribution in [3.63, 3.8) is 0 Å². The van der Waals surface area contributed by atoms with E-state index in [-0.39, 0.29) is 22.9 Å². The monoisotopic (exact) mass is 601 g/mol. The number of sulfonamides is 2. The second kappa shape index (κ2) is 11.3. The molecule has 220 valence electrons. The number of rotatable bonds is 6. The molecule has 2 N–H and O–H groups in total.